The molecule has 5 heteroatoms. The van der Waals surface area contributed by atoms with Gasteiger partial charge < -0.3 is 15.0 Å². The zero-order valence-electron chi connectivity index (χ0n) is 8.16. The van der Waals surface area contributed by atoms with E-state index in [1.54, 1.807) is 11.8 Å². The molecule has 1 N–H and O–H groups in total. The van der Waals surface area contributed by atoms with Gasteiger partial charge in [0, 0.05) is 13.1 Å². The Kier molecular flexibility index (Phi) is 2.31. The van der Waals surface area contributed by atoms with Crippen molar-refractivity contribution in [2.24, 2.45) is 5.92 Å². The van der Waals surface area contributed by atoms with Crippen LogP contribution in [0.4, 0.5) is 4.79 Å². The van der Waals surface area contributed by atoms with E-state index >= 15 is 0 Å². The molecule has 2 saturated heterocycles. The van der Waals surface area contributed by atoms with Gasteiger partial charge >= 0.3 is 6.09 Å². The topological polar surface area (TPSA) is 58.6 Å². The number of likely N-dealkylation sites (tertiary alicyclic amines) is 1. The van der Waals surface area contributed by atoms with E-state index < -0.39 is 0 Å². The Labute approximate surface area is 82.4 Å². The van der Waals surface area contributed by atoms with Gasteiger partial charge in [0.1, 0.15) is 0 Å². The third kappa shape index (κ3) is 1.42. The highest BCUT2D eigenvalue weighted by atomic mass is 16.6. The van der Waals surface area contributed by atoms with Crippen LogP contribution in [0.2, 0.25) is 0 Å². The first kappa shape index (κ1) is 9.30. The molecule has 2 rings (SSSR count). The molecule has 0 radical (unpaired) electrons. The van der Waals surface area contributed by atoms with Gasteiger partial charge in [-0.05, 0) is 13.3 Å². The summed E-state index contributed by atoms with van der Waals surface area (Å²) in [7, 11) is 0. The molecule has 0 saturated carbocycles. The Morgan fingerprint density at radius 3 is 3.14 bits per heavy atom. The van der Waals surface area contributed by atoms with Gasteiger partial charge in [-0.1, -0.05) is 0 Å². The standard InChI is InChI=1S/C9H14N2O3/c1-2-14-9(13)11-5-6-3-7(11)4-10-8(6)12/h6-7H,2-5H2,1H3,(H,10,12)/t6-,7-/m1/s1. The van der Waals surface area contributed by atoms with Gasteiger partial charge in [-0.15, -0.1) is 0 Å². The van der Waals surface area contributed by atoms with Crippen molar-refractivity contribution in [2.45, 2.75) is 19.4 Å². The SMILES string of the molecule is CCOC(=O)N1C[C@H]2C[C@@H]1CNC2=O. The van der Waals surface area contributed by atoms with E-state index in [-0.39, 0.29) is 24.0 Å². The average Bonchev–Trinajstić information content (AvgIpc) is 2.52. The Hall–Kier alpha value is -1.26. The molecule has 2 aliphatic rings. The number of nitrogens with one attached hydrogen (secondary N) is 1. The maximum absolute atomic E-state index is 11.5. The van der Waals surface area contributed by atoms with E-state index in [9.17, 15) is 9.59 Å². The van der Waals surface area contributed by atoms with E-state index in [2.05, 4.69) is 5.32 Å². The van der Waals surface area contributed by atoms with Crippen molar-refractivity contribution >= 4 is 12.0 Å². The second kappa shape index (κ2) is 3.48. The van der Waals surface area contributed by atoms with Gasteiger partial charge in [-0.2, -0.15) is 0 Å². The Bertz CT molecular complexity index is 267. The summed E-state index contributed by atoms with van der Waals surface area (Å²) >= 11 is 0. The van der Waals surface area contributed by atoms with Crippen molar-refractivity contribution in [1.29, 1.82) is 0 Å². The molecule has 14 heavy (non-hydrogen) atoms. The number of carbonyl (C=O) groups excluding carboxylic acids is 2. The van der Waals surface area contributed by atoms with Crippen LogP contribution in [0, 0.1) is 5.92 Å². The summed E-state index contributed by atoms with van der Waals surface area (Å²) in [5.41, 5.74) is 0. The van der Waals surface area contributed by atoms with E-state index in [1.165, 1.54) is 0 Å². The molecule has 0 spiro atoms. The first-order valence-electron chi connectivity index (χ1n) is 4.93. The summed E-state index contributed by atoms with van der Waals surface area (Å²) in [4.78, 5) is 24.4. The van der Waals surface area contributed by atoms with Gasteiger partial charge in [-0.25, -0.2) is 4.79 Å². The number of carbonyl (C=O) groups is 2. The van der Waals surface area contributed by atoms with Crippen LogP contribution in [0.15, 0.2) is 0 Å². The smallest absolute Gasteiger partial charge is 0.410 e. The van der Waals surface area contributed by atoms with E-state index in [0.717, 1.165) is 6.42 Å². The number of nitrogens with zero attached hydrogens (tertiary/aromatic N) is 1. The molecule has 0 aromatic carbocycles. The van der Waals surface area contributed by atoms with Crippen molar-refractivity contribution in [1.82, 2.24) is 10.2 Å². The molecule has 2 amide bonds. The summed E-state index contributed by atoms with van der Waals surface area (Å²) in [6, 6.07) is 0.136. The largest absolute Gasteiger partial charge is 0.450 e. The Morgan fingerprint density at radius 2 is 2.50 bits per heavy atom. The zero-order valence-corrected chi connectivity index (χ0v) is 8.16. The molecule has 2 aliphatic heterocycles. The summed E-state index contributed by atoms with van der Waals surface area (Å²) < 4.78 is 4.92. The van der Waals surface area contributed by atoms with Crippen LogP contribution >= 0.6 is 0 Å². The minimum Gasteiger partial charge on any atom is -0.450 e. The lowest BCUT2D eigenvalue weighted by atomic mass is 10.0. The molecular formula is C9H14N2O3. The lowest BCUT2D eigenvalue weighted by Gasteiger charge is -2.23. The molecule has 2 atom stereocenters. The molecular weight excluding hydrogens is 184 g/mol. The van der Waals surface area contributed by atoms with Crippen molar-refractivity contribution < 1.29 is 14.3 Å². The maximum Gasteiger partial charge on any atom is 0.410 e. The van der Waals surface area contributed by atoms with Crippen LogP contribution < -0.4 is 5.32 Å². The maximum atomic E-state index is 11.5. The van der Waals surface area contributed by atoms with Gasteiger partial charge in [-0.3, -0.25) is 4.79 Å². The average molecular weight is 198 g/mol. The number of fused-ring (bicyclic) bond motifs is 2. The lowest BCUT2D eigenvalue weighted by molar-refractivity contribution is -0.125. The fourth-order valence-corrected chi connectivity index (χ4v) is 2.09. The van der Waals surface area contributed by atoms with Gasteiger partial charge in [0.25, 0.3) is 0 Å². The minimum absolute atomic E-state index is 0.0295. The fourth-order valence-electron chi connectivity index (χ4n) is 2.09. The van der Waals surface area contributed by atoms with Crippen LogP contribution in [-0.2, 0) is 9.53 Å². The summed E-state index contributed by atoms with van der Waals surface area (Å²) in [6.07, 6.45) is 0.487. The summed E-state index contributed by atoms with van der Waals surface area (Å²) in [6.45, 7) is 3.24. The monoisotopic (exact) mass is 198 g/mol. The number of hydrogen-bond acceptors (Lipinski definition) is 3. The van der Waals surface area contributed by atoms with Crippen LogP contribution in [0.3, 0.4) is 0 Å². The molecule has 2 fully saturated rings. The van der Waals surface area contributed by atoms with Gasteiger partial charge in [0.2, 0.25) is 5.91 Å². The van der Waals surface area contributed by atoms with Crippen LogP contribution in [0.1, 0.15) is 13.3 Å². The number of piperidine rings is 1. The van der Waals surface area contributed by atoms with Crippen molar-refractivity contribution in [2.75, 3.05) is 19.7 Å². The molecule has 0 aliphatic carbocycles. The molecule has 0 aromatic rings. The fraction of sp³-hybridized carbons (Fsp3) is 0.778. The van der Waals surface area contributed by atoms with Crippen molar-refractivity contribution in [3.8, 4) is 0 Å². The number of rotatable bonds is 1. The first-order valence-corrected chi connectivity index (χ1v) is 4.93. The highest BCUT2D eigenvalue weighted by Gasteiger charge is 2.42. The molecule has 0 aromatic heterocycles. The number of hydrogen-bond donors (Lipinski definition) is 1. The predicted octanol–water partition coefficient (Wildman–Crippen LogP) is -0.0368. The van der Waals surface area contributed by atoms with Gasteiger partial charge in [0.15, 0.2) is 0 Å². The molecule has 5 nitrogen and oxygen atoms in total. The van der Waals surface area contributed by atoms with Crippen molar-refractivity contribution in [3.63, 3.8) is 0 Å². The van der Waals surface area contributed by atoms with Crippen LogP contribution in [0.25, 0.3) is 0 Å². The quantitative estimate of drug-likeness (QED) is 0.643. The van der Waals surface area contributed by atoms with E-state index in [1.807, 2.05) is 0 Å². The molecule has 78 valence electrons. The zero-order chi connectivity index (χ0) is 10.1. The minimum atomic E-state index is -0.295. The van der Waals surface area contributed by atoms with Crippen molar-refractivity contribution in [3.05, 3.63) is 0 Å². The predicted molar refractivity (Wildman–Crippen MR) is 48.6 cm³/mol. The highest BCUT2D eigenvalue weighted by molar-refractivity contribution is 5.82. The second-order valence-electron chi connectivity index (χ2n) is 3.68. The Balaban J connectivity index is 2.02. The summed E-state index contributed by atoms with van der Waals surface area (Å²) in [5.74, 6) is 0.0335. The molecule has 2 bridgehead atoms. The molecule has 0 unspecified atom stereocenters. The lowest BCUT2D eigenvalue weighted by Crippen LogP contribution is -2.43. The second-order valence-corrected chi connectivity index (χ2v) is 3.68. The highest BCUT2D eigenvalue weighted by Crippen LogP contribution is 2.26. The Morgan fingerprint density at radius 1 is 1.71 bits per heavy atom. The third-order valence-corrected chi connectivity index (χ3v) is 2.80. The van der Waals surface area contributed by atoms with E-state index in [0.29, 0.717) is 19.7 Å². The van der Waals surface area contributed by atoms with Gasteiger partial charge in [0.05, 0.1) is 18.6 Å². The van der Waals surface area contributed by atoms with Crippen LogP contribution in [0.5, 0.6) is 0 Å². The normalized spacial score (nSPS) is 30.1. The number of ether oxygens (including phenoxy) is 1. The summed E-state index contributed by atoms with van der Waals surface area (Å²) in [5, 5.41) is 2.78. The third-order valence-electron chi connectivity index (χ3n) is 2.80. The number of amides is 2. The molecule has 2 heterocycles. The van der Waals surface area contributed by atoms with Crippen LogP contribution in [-0.4, -0.2) is 42.6 Å². The van der Waals surface area contributed by atoms with E-state index in [4.69, 9.17) is 4.74 Å². The first-order chi connectivity index (χ1) is 6.72.